The number of halogens is 1. The summed E-state index contributed by atoms with van der Waals surface area (Å²) in [5.74, 6) is 0.356. The molecule has 2 aromatic rings. The maximum absolute atomic E-state index is 11.9. The lowest BCUT2D eigenvalue weighted by Crippen LogP contribution is -2.24. The van der Waals surface area contributed by atoms with Gasteiger partial charge in [0.1, 0.15) is 5.75 Å². The lowest BCUT2D eigenvalue weighted by atomic mass is 10.2. The quantitative estimate of drug-likeness (QED) is 0.657. The van der Waals surface area contributed by atoms with Gasteiger partial charge in [0.15, 0.2) is 6.61 Å². The molecular formula is C17H17BrN2O3S. The van der Waals surface area contributed by atoms with E-state index in [0.717, 1.165) is 14.9 Å². The topological polar surface area (TPSA) is 81.4 Å². The molecule has 0 bridgehead atoms. The van der Waals surface area contributed by atoms with Crippen LogP contribution in [0, 0.1) is 0 Å². The van der Waals surface area contributed by atoms with Crippen LogP contribution in [0.1, 0.15) is 5.56 Å². The van der Waals surface area contributed by atoms with Gasteiger partial charge in [-0.25, -0.2) is 0 Å². The number of ether oxygens (including phenoxy) is 1. The van der Waals surface area contributed by atoms with Gasteiger partial charge in [0.2, 0.25) is 5.91 Å². The Morgan fingerprint density at radius 1 is 1.12 bits per heavy atom. The van der Waals surface area contributed by atoms with Crippen LogP contribution >= 0.6 is 27.7 Å². The first-order valence-electron chi connectivity index (χ1n) is 7.18. The number of rotatable bonds is 8. The highest BCUT2D eigenvalue weighted by Gasteiger charge is 2.05. The molecule has 0 heterocycles. The van der Waals surface area contributed by atoms with Crippen molar-refractivity contribution in [1.29, 1.82) is 0 Å². The Bertz CT molecular complexity index is 707. The Kier molecular flexibility index (Phi) is 7.14. The van der Waals surface area contributed by atoms with Crippen LogP contribution < -0.4 is 15.8 Å². The van der Waals surface area contributed by atoms with E-state index in [2.05, 4.69) is 21.2 Å². The van der Waals surface area contributed by atoms with Crippen LogP contribution in [-0.2, 0) is 16.1 Å². The zero-order valence-electron chi connectivity index (χ0n) is 12.8. The van der Waals surface area contributed by atoms with E-state index < -0.39 is 5.91 Å². The minimum absolute atomic E-state index is 0.0372. The average molecular weight is 409 g/mol. The SMILES string of the molecule is NC(=O)COc1ccc(CNC(=O)CSc2ccccc2Br)cc1. The first-order valence-corrected chi connectivity index (χ1v) is 8.96. The summed E-state index contributed by atoms with van der Waals surface area (Å²) < 4.78 is 6.16. The predicted molar refractivity (Wildman–Crippen MR) is 97.8 cm³/mol. The van der Waals surface area contributed by atoms with Gasteiger partial charge >= 0.3 is 0 Å². The maximum atomic E-state index is 11.9. The van der Waals surface area contributed by atoms with Gasteiger partial charge < -0.3 is 15.8 Å². The van der Waals surface area contributed by atoms with Gasteiger partial charge in [0, 0.05) is 15.9 Å². The molecule has 0 spiro atoms. The van der Waals surface area contributed by atoms with Crippen molar-refractivity contribution in [2.45, 2.75) is 11.4 Å². The van der Waals surface area contributed by atoms with E-state index >= 15 is 0 Å². The largest absolute Gasteiger partial charge is 0.484 e. The van der Waals surface area contributed by atoms with E-state index in [1.54, 1.807) is 12.1 Å². The molecule has 0 aliphatic rings. The fourth-order valence-electron chi connectivity index (χ4n) is 1.81. The highest BCUT2D eigenvalue weighted by molar-refractivity contribution is 9.10. The molecule has 2 aromatic carbocycles. The van der Waals surface area contributed by atoms with Gasteiger partial charge in [0.05, 0.1) is 5.75 Å². The zero-order chi connectivity index (χ0) is 17.4. The number of nitrogens with two attached hydrogens (primary N) is 1. The van der Waals surface area contributed by atoms with Gasteiger partial charge in [-0.05, 0) is 45.8 Å². The van der Waals surface area contributed by atoms with Crippen LogP contribution in [0.2, 0.25) is 0 Å². The highest BCUT2D eigenvalue weighted by Crippen LogP contribution is 2.26. The van der Waals surface area contributed by atoms with Crippen molar-refractivity contribution < 1.29 is 14.3 Å². The number of primary amides is 1. The minimum Gasteiger partial charge on any atom is -0.484 e. The average Bonchev–Trinajstić information content (AvgIpc) is 2.58. The number of hydrogen-bond acceptors (Lipinski definition) is 4. The normalized spacial score (nSPS) is 10.2. The second kappa shape index (κ2) is 9.34. The Balaban J connectivity index is 1.75. The van der Waals surface area contributed by atoms with Crippen LogP contribution in [0.3, 0.4) is 0 Å². The van der Waals surface area contributed by atoms with E-state index in [1.807, 2.05) is 36.4 Å². The second-order valence-electron chi connectivity index (χ2n) is 4.89. The smallest absolute Gasteiger partial charge is 0.255 e. The summed E-state index contributed by atoms with van der Waals surface area (Å²) in [7, 11) is 0. The third kappa shape index (κ3) is 6.25. The summed E-state index contributed by atoms with van der Waals surface area (Å²) in [4.78, 5) is 23.6. The molecular weight excluding hydrogens is 392 g/mol. The fraction of sp³-hybridized carbons (Fsp3) is 0.176. The molecule has 0 saturated carbocycles. The molecule has 0 radical (unpaired) electrons. The third-order valence-corrected chi connectivity index (χ3v) is 5.02. The molecule has 126 valence electrons. The van der Waals surface area contributed by atoms with Crippen molar-refractivity contribution in [3.63, 3.8) is 0 Å². The molecule has 0 saturated heterocycles. The van der Waals surface area contributed by atoms with Crippen molar-refractivity contribution >= 4 is 39.5 Å². The molecule has 0 atom stereocenters. The standard InChI is InChI=1S/C17H17BrN2O3S/c18-14-3-1-2-4-15(14)24-11-17(22)20-9-12-5-7-13(8-6-12)23-10-16(19)21/h1-8H,9-11H2,(H2,19,21)(H,20,22). The van der Waals surface area contributed by atoms with Gasteiger partial charge in [-0.2, -0.15) is 0 Å². The number of nitrogens with one attached hydrogen (secondary N) is 1. The number of carbonyl (C=O) groups is 2. The monoisotopic (exact) mass is 408 g/mol. The van der Waals surface area contributed by atoms with Crippen LogP contribution in [-0.4, -0.2) is 24.2 Å². The molecule has 0 aromatic heterocycles. The molecule has 2 amide bonds. The number of hydrogen-bond donors (Lipinski definition) is 2. The van der Waals surface area contributed by atoms with E-state index in [0.29, 0.717) is 18.0 Å². The third-order valence-electron chi connectivity index (χ3n) is 2.99. The Morgan fingerprint density at radius 2 is 1.83 bits per heavy atom. The fourth-order valence-corrected chi connectivity index (χ4v) is 3.21. The molecule has 0 aliphatic carbocycles. The lowest BCUT2D eigenvalue weighted by molar-refractivity contribution is -0.120. The lowest BCUT2D eigenvalue weighted by Gasteiger charge is -2.08. The first kappa shape index (κ1) is 18.4. The summed E-state index contributed by atoms with van der Waals surface area (Å²) >= 11 is 4.94. The van der Waals surface area contributed by atoms with Crippen LogP contribution in [0.5, 0.6) is 5.75 Å². The van der Waals surface area contributed by atoms with Gasteiger partial charge in [-0.1, -0.05) is 24.3 Å². The molecule has 0 aliphatic heterocycles. The Labute approximate surface area is 153 Å². The van der Waals surface area contributed by atoms with Crippen LogP contribution in [0.4, 0.5) is 0 Å². The predicted octanol–water partition coefficient (Wildman–Crippen LogP) is 2.72. The maximum Gasteiger partial charge on any atom is 0.255 e. The summed E-state index contributed by atoms with van der Waals surface area (Å²) in [5.41, 5.74) is 5.96. The van der Waals surface area contributed by atoms with Crippen molar-refractivity contribution in [3.05, 3.63) is 58.6 Å². The molecule has 5 nitrogen and oxygen atoms in total. The number of amides is 2. The van der Waals surface area contributed by atoms with Gasteiger partial charge in [-0.15, -0.1) is 11.8 Å². The summed E-state index contributed by atoms with van der Waals surface area (Å²) in [6, 6.07) is 14.9. The first-order chi connectivity index (χ1) is 11.5. The number of thioether (sulfide) groups is 1. The minimum atomic E-state index is -0.520. The highest BCUT2D eigenvalue weighted by atomic mass is 79.9. The van der Waals surface area contributed by atoms with E-state index in [1.165, 1.54) is 11.8 Å². The van der Waals surface area contributed by atoms with Crippen molar-refractivity contribution in [1.82, 2.24) is 5.32 Å². The molecule has 24 heavy (non-hydrogen) atoms. The molecule has 0 fully saturated rings. The Hall–Kier alpha value is -1.99. The number of carbonyl (C=O) groups excluding carboxylic acids is 2. The molecule has 3 N–H and O–H groups in total. The van der Waals surface area contributed by atoms with Crippen molar-refractivity contribution in [2.24, 2.45) is 5.73 Å². The second-order valence-corrected chi connectivity index (χ2v) is 6.77. The molecule has 0 unspecified atom stereocenters. The van der Waals surface area contributed by atoms with E-state index in [-0.39, 0.29) is 12.5 Å². The number of benzene rings is 2. The van der Waals surface area contributed by atoms with Gasteiger partial charge in [-0.3, -0.25) is 9.59 Å². The van der Waals surface area contributed by atoms with Crippen LogP contribution in [0.15, 0.2) is 57.9 Å². The van der Waals surface area contributed by atoms with Crippen molar-refractivity contribution in [3.8, 4) is 5.75 Å². The summed E-state index contributed by atoms with van der Waals surface area (Å²) in [6.07, 6.45) is 0. The Morgan fingerprint density at radius 3 is 2.50 bits per heavy atom. The molecule has 7 heteroatoms. The summed E-state index contributed by atoms with van der Waals surface area (Å²) in [6.45, 7) is 0.286. The van der Waals surface area contributed by atoms with Gasteiger partial charge in [0.25, 0.3) is 5.91 Å². The van der Waals surface area contributed by atoms with E-state index in [4.69, 9.17) is 10.5 Å². The summed E-state index contributed by atoms with van der Waals surface area (Å²) in [5, 5.41) is 2.87. The van der Waals surface area contributed by atoms with E-state index in [9.17, 15) is 9.59 Å². The van der Waals surface area contributed by atoms with Crippen molar-refractivity contribution in [2.75, 3.05) is 12.4 Å². The molecule has 2 rings (SSSR count). The van der Waals surface area contributed by atoms with Crippen LogP contribution in [0.25, 0.3) is 0 Å². The zero-order valence-corrected chi connectivity index (χ0v) is 15.2.